The van der Waals surface area contributed by atoms with Gasteiger partial charge in [-0.3, -0.25) is 14.8 Å². The molecule has 2 aliphatic carbocycles. The van der Waals surface area contributed by atoms with Crippen LogP contribution in [-0.4, -0.2) is 15.8 Å². The van der Waals surface area contributed by atoms with Crippen molar-refractivity contribution < 1.29 is 4.79 Å². The number of Topliss-reactive ketones (excluding diaryl/α,β-unsaturated/α-hetero) is 1. The highest BCUT2D eigenvalue weighted by Gasteiger charge is 2.21. The summed E-state index contributed by atoms with van der Waals surface area (Å²) in [5, 5.41) is 0. The molecule has 0 unspecified atom stereocenters. The molecular formula is C26H36N2O. The largest absolute Gasteiger partial charge is 0.299 e. The zero-order valence-electron chi connectivity index (χ0n) is 19.1. The minimum absolute atomic E-state index is 0.0650. The van der Waals surface area contributed by atoms with E-state index in [9.17, 15) is 4.79 Å². The SMILES string of the molecule is CC(C)(C)c1cc2c(cn1)CCC(=O)C2.CC(C)(C)c1cc2c(cn1)CCCC2. The summed E-state index contributed by atoms with van der Waals surface area (Å²) in [6, 6.07) is 4.42. The Bertz CT molecular complexity index is 885. The number of hydrogen-bond donors (Lipinski definition) is 0. The Balaban J connectivity index is 0.000000166. The van der Waals surface area contributed by atoms with Crippen LogP contribution in [-0.2, 0) is 41.3 Å². The number of aromatic nitrogens is 2. The molecule has 3 nitrogen and oxygen atoms in total. The van der Waals surface area contributed by atoms with Crippen molar-refractivity contribution in [2.24, 2.45) is 0 Å². The molecule has 0 radical (unpaired) electrons. The molecular weight excluding hydrogens is 356 g/mol. The molecule has 0 aromatic carbocycles. The minimum Gasteiger partial charge on any atom is -0.299 e. The minimum atomic E-state index is 0.0650. The van der Waals surface area contributed by atoms with Gasteiger partial charge in [-0.25, -0.2) is 0 Å². The Morgan fingerprint density at radius 1 is 0.655 bits per heavy atom. The van der Waals surface area contributed by atoms with E-state index in [0.717, 1.165) is 12.1 Å². The fourth-order valence-electron chi connectivity index (χ4n) is 3.92. The Hall–Kier alpha value is -2.03. The summed E-state index contributed by atoms with van der Waals surface area (Å²) in [5.41, 5.74) is 8.02. The van der Waals surface area contributed by atoms with E-state index >= 15 is 0 Å². The van der Waals surface area contributed by atoms with Crippen molar-refractivity contribution in [1.82, 2.24) is 9.97 Å². The number of aryl methyl sites for hydroxylation is 3. The first-order valence-electron chi connectivity index (χ1n) is 11.0. The van der Waals surface area contributed by atoms with E-state index in [1.807, 2.05) is 6.20 Å². The van der Waals surface area contributed by atoms with Gasteiger partial charge in [0.25, 0.3) is 0 Å². The molecule has 2 aromatic rings. The van der Waals surface area contributed by atoms with Crippen LogP contribution in [0.5, 0.6) is 0 Å². The molecule has 2 aromatic heterocycles. The second-order valence-electron chi connectivity index (χ2n) is 10.6. The lowest BCUT2D eigenvalue weighted by molar-refractivity contribution is -0.118. The number of pyridine rings is 2. The van der Waals surface area contributed by atoms with Crippen LogP contribution in [0.2, 0.25) is 0 Å². The molecule has 2 aliphatic rings. The quantitative estimate of drug-likeness (QED) is 0.578. The van der Waals surface area contributed by atoms with Gasteiger partial charge in [0.1, 0.15) is 5.78 Å². The van der Waals surface area contributed by atoms with Gasteiger partial charge in [-0.1, -0.05) is 41.5 Å². The molecule has 2 heterocycles. The van der Waals surface area contributed by atoms with Crippen molar-refractivity contribution in [3.63, 3.8) is 0 Å². The van der Waals surface area contributed by atoms with Crippen LogP contribution in [0.3, 0.4) is 0 Å². The first kappa shape index (κ1) is 21.7. The number of fused-ring (bicyclic) bond motifs is 2. The summed E-state index contributed by atoms with van der Waals surface area (Å²) in [6.45, 7) is 13.1. The van der Waals surface area contributed by atoms with Crippen LogP contribution >= 0.6 is 0 Å². The third-order valence-corrected chi connectivity index (χ3v) is 5.91. The lowest BCUT2D eigenvalue weighted by Crippen LogP contribution is -2.18. The molecule has 0 aliphatic heterocycles. The van der Waals surface area contributed by atoms with Crippen LogP contribution in [0.15, 0.2) is 24.5 Å². The highest BCUT2D eigenvalue weighted by molar-refractivity contribution is 5.83. The van der Waals surface area contributed by atoms with Gasteiger partial charge in [0.2, 0.25) is 0 Å². The molecule has 0 saturated heterocycles. The maximum absolute atomic E-state index is 11.4. The van der Waals surface area contributed by atoms with Crippen molar-refractivity contribution in [2.75, 3.05) is 0 Å². The van der Waals surface area contributed by atoms with E-state index in [1.54, 1.807) is 0 Å². The molecule has 0 bridgehead atoms. The Morgan fingerprint density at radius 2 is 1.14 bits per heavy atom. The topological polar surface area (TPSA) is 42.9 Å². The highest BCUT2D eigenvalue weighted by Crippen LogP contribution is 2.27. The Labute approximate surface area is 176 Å². The van der Waals surface area contributed by atoms with Gasteiger partial charge in [-0.15, -0.1) is 0 Å². The van der Waals surface area contributed by atoms with Crippen LogP contribution in [0, 0.1) is 0 Å². The van der Waals surface area contributed by atoms with Crippen molar-refractivity contribution in [3.05, 3.63) is 58.2 Å². The molecule has 0 amide bonds. The molecule has 0 fully saturated rings. The van der Waals surface area contributed by atoms with Gasteiger partial charge >= 0.3 is 0 Å². The maximum Gasteiger partial charge on any atom is 0.137 e. The van der Waals surface area contributed by atoms with E-state index < -0.39 is 0 Å². The van der Waals surface area contributed by atoms with E-state index in [2.05, 4.69) is 69.8 Å². The summed E-state index contributed by atoms with van der Waals surface area (Å²) >= 11 is 0. The van der Waals surface area contributed by atoms with E-state index in [0.29, 0.717) is 18.6 Å². The Morgan fingerprint density at radius 3 is 1.69 bits per heavy atom. The zero-order valence-corrected chi connectivity index (χ0v) is 19.1. The van der Waals surface area contributed by atoms with Crippen molar-refractivity contribution in [1.29, 1.82) is 0 Å². The Kier molecular flexibility index (Phi) is 6.26. The number of nitrogens with zero attached hydrogens (tertiary/aromatic N) is 2. The third-order valence-electron chi connectivity index (χ3n) is 5.91. The highest BCUT2D eigenvalue weighted by atomic mass is 16.1. The van der Waals surface area contributed by atoms with Gasteiger partial charge in [-0.2, -0.15) is 0 Å². The lowest BCUT2D eigenvalue weighted by Gasteiger charge is -2.22. The summed E-state index contributed by atoms with van der Waals surface area (Å²) in [6.07, 6.45) is 11.4. The normalized spacial score (nSPS) is 16.4. The van der Waals surface area contributed by atoms with E-state index in [-0.39, 0.29) is 10.8 Å². The fraction of sp³-hybridized carbons (Fsp3) is 0.577. The van der Waals surface area contributed by atoms with Crippen LogP contribution in [0.4, 0.5) is 0 Å². The average Bonchev–Trinajstić information content (AvgIpc) is 2.66. The maximum atomic E-state index is 11.4. The molecule has 0 saturated carbocycles. The van der Waals surface area contributed by atoms with Gasteiger partial charge in [0, 0.05) is 47.5 Å². The first-order chi connectivity index (χ1) is 13.5. The van der Waals surface area contributed by atoms with Crippen LogP contribution < -0.4 is 0 Å². The van der Waals surface area contributed by atoms with Gasteiger partial charge in [0.15, 0.2) is 0 Å². The molecule has 3 heteroatoms. The summed E-state index contributed by atoms with van der Waals surface area (Å²) in [4.78, 5) is 20.4. The molecule has 0 atom stereocenters. The van der Waals surface area contributed by atoms with Crippen molar-refractivity contribution in [2.45, 2.75) is 97.3 Å². The molecule has 0 N–H and O–H groups in total. The van der Waals surface area contributed by atoms with Gasteiger partial charge in [0.05, 0.1) is 0 Å². The number of carbonyl (C=O) groups is 1. The summed E-state index contributed by atoms with van der Waals surface area (Å²) in [5.74, 6) is 0.355. The fourth-order valence-corrected chi connectivity index (χ4v) is 3.92. The van der Waals surface area contributed by atoms with Crippen molar-refractivity contribution >= 4 is 5.78 Å². The number of hydrogen-bond acceptors (Lipinski definition) is 3. The second-order valence-corrected chi connectivity index (χ2v) is 10.6. The summed E-state index contributed by atoms with van der Waals surface area (Å²) in [7, 11) is 0. The average molecular weight is 393 g/mol. The second kappa shape index (κ2) is 8.38. The summed E-state index contributed by atoms with van der Waals surface area (Å²) < 4.78 is 0. The predicted octanol–water partition coefficient (Wildman–Crippen LogP) is 5.69. The van der Waals surface area contributed by atoms with E-state index in [4.69, 9.17) is 0 Å². The van der Waals surface area contributed by atoms with Gasteiger partial charge < -0.3 is 0 Å². The predicted molar refractivity (Wildman–Crippen MR) is 120 cm³/mol. The third kappa shape index (κ3) is 5.52. The zero-order chi connectivity index (χ0) is 21.2. The smallest absolute Gasteiger partial charge is 0.137 e. The number of ketones is 1. The molecule has 0 spiro atoms. The van der Waals surface area contributed by atoms with Crippen LogP contribution in [0.25, 0.3) is 0 Å². The first-order valence-corrected chi connectivity index (χ1v) is 11.0. The van der Waals surface area contributed by atoms with Crippen LogP contribution in [0.1, 0.15) is 94.4 Å². The number of rotatable bonds is 0. The number of carbonyl (C=O) groups excluding carboxylic acids is 1. The van der Waals surface area contributed by atoms with Crippen molar-refractivity contribution in [3.8, 4) is 0 Å². The molecule has 4 rings (SSSR count). The lowest BCUT2D eigenvalue weighted by atomic mass is 9.86. The van der Waals surface area contributed by atoms with E-state index in [1.165, 1.54) is 53.6 Å². The monoisotopic (exact) mass is 392 g/mol. The molecule has 29 heavy (non-hydrogen) atoms. The van der Waals surface area contributed by atoms with Gasteiger partial charge in [-0.05, 0) is 66.5 Å². The molecule has 156 valence electrons. The standard InChI is InChI=1S/C13H17NO.C13H19N/c1-13(2,3)12-7-10-6-11(15)5-4-9(10)8-14-12;1-13(2,3)12-8-10-6-4-5-7-11(10)9-14-12/h7-8H,4-6H2,1-3H3;8-9H,4-7H2,1-3H3.